The number of ether oxygens (including phenoxy) is 2. The van der Waals surface area contributed by atoms with Crippen molar-refractivity contribution in [2.24, 2.45) is 0 Å². The number of benzene rings is 1. The molecule has 0 N–H and O–H groups in total. The van der Waals surface area contributed by atoms with E-state index in [1.165, 1.54) is 0 Å². The first-order valence-electron chi connectivity index (χ1n) is 5.24. The second-order valence-electron chi connectivity index (χ2n) is 3.39. The Balaban J connectivity index is 2.13. The molecular weight excluding hydrogens is 204 g/mol. The monoisotopic (exact) mass is 216 g/mol. The molecule has 3 heteroatoms. The first-order valence-corrected chi connectivity index (χ1v) is 5.24. The van der Waals surface area contributed by atoms with Crippen LogP contribution in [0.3, 0.4) is 0 Å². The molecule has 1 aromatic carbocycles. The summed E-state index contributed by atoms with van der Waals surface area (Å²) in [5.74, 6) is 5.65. The summed E-state index contributed by atoms with van der Waals surface area (Å²) in [6.07, 6.45) is 0.907. The van der Waals surface area contributed by atoms with E-state index in [1.54, 1.807) is 6.92 Å². The van der Waals surface area contributed by atoms with Crippen LogP contribution in [0.1, 0.15) is 18.1 Å². The van der Waals surface area contributed by atoms with E-state index in [0.717, 1.165) is 29.9 Å². The summed E-state index contributed by atoms with van der Waals surface area (Å²) in [5, 5.41) is 0. The lowest BCUT2D eigenvalue weighted by atomic mass is 10.1. The van der Waals surface area contributed by atoms with E-state index in [0.29, 0.717) is 6.61 Å². The van der Waals surface area contributed by atoms with Crippen LogP contribution in [-0.4, -0.2) is 19.2 Å². The number of esters is 1. The van der Waals surface area contributed by atoms with Gasteiger partial charge >= 0.3 is 5.97 Å². The van der Waals surface area contributed by atoms with Gasteiger partial charge in [0.25, 0.3) is 0 Å². The average molecular weight is 216 g/mol. The molecule has 1 aliphatic heterocycles. The third-order valence-electron chi connectivity index (χ3n) is 2.27. The predicted molar refractivity (Wildman–Crippen MR) is 59.2 cm³/mol. The summed E-state index contributed by atoms with van der Waals surface area (Å²) in [5.41, 5.74) is 1.97. The van der Waals surface area contributed by atoms with Crippen molar-refractivity contribution in [2.45, 2.75) is 13.3 Å². The largest absolute Gasteiger partial charge is 0.493 e. The number of rotatable bonds is 1. The van der Waals surface area contributed by atoms with Crippen molar-refractivity contribution >= 4 is 5.97 Å². The van der Waals surface area contributed by atoms with Gasteiger partial charge in [-0.1, -0.05) is 5.92 Å². The van der Waals surface area contributed by atoms with Gasteiger partial charge < -0.3 is 9.47 Å². The maximum Gasteiger partial charge on any atom is 0.384 e. The van der Waals surface area contributed by atoms with Crippen molar-refractivity contribution in [3.8, 4) is 17.6 Å². The molecule has 0 atom stereocenters. The van der Waals surface area contributed by atoms with E-state index in [4.69, 9.17) is 9.47 Å². The van der Waals surface area contributed by atoms with Gasteiger partial charge in [-0.3, -0.25) is 0 Å². The van der Waals surface area contributed by atoms with Gasteiger partial charge in [-0.2, -0.15) is 0 Å². The van der Waals surface area contributed by atoms with Crippen molar-refractivity contribution in [2.75, 3.05) is 13.2 Å². The zero-order valence-electron chi connectivity index (χ0n) is 9.08. The lowest BCUT2D eigenvalue weighted by molar-refractivity contribution is -0.136. The number of fused-ring (bicyclic) bond motifs is 1. The molecule has 0 spiro atoms. The van der Waals surface area contributed by atoms with Gasteiger partial charge in [-0.05, 0) is 30.7 Å². The van der Waals surface area contributed by atoms with Crippen molar-refractivity contribution in [3.63, 3.8) is 0 Å². The lowest BCUT2D eigenvalue weighted by Crippen LogP contribution is -1.99. The van der Waals surface area contributed by atoms with E-state index in [9.17, 15) is 4.79 Å². The van der Waals surface area contributed by atoms with Gasteiger partial charge in [-0.25, -0.2) is 4.79 Å². The minimum Gasteiger partial charge on any atom is -0.493 e. The molecule has 0 bridgehead atoms. The van der Waals surface area contributed by atoms with Gasteiger partial charge in [-0.15, -0.1) is 0 Å². The number of carbonyl (C=O) groups excluding carboxylic acids is 1. The number of carbonyl (C=O) groups is 1. The second kappa shape index (κ2) is 4.71. The van der Waals surface area contributed by atoms with Crippen LogP contribution in [0.25, 0.3) is 0 Å². The van der Waals surface area contributed by atoms with E-state index < -0.39 is 5.97 Å². The van der Waals surface area contributed by atoms with E-state index >= 15 is 0 Å². The Kier molecular flexibility index (Phi) is 3.11. The van der Waals surface area contributed by atoms with Crippen LogP contribution in [-0.2, 0) is 16.0 Å². The third kappa shape index (κ3) is 2.34. The van der Waals surface area contributed by atoms with E-state index in [-0.39, 0.29) is 0 Å². The van der Waals surface area contributed by atoms with Crippen molar-refractivity contribution in [1.82, 2.24) is 0 Å². The fraction of sp³-hybridized carbons (Fsp3) is 0.308. The maximum absolute atomic E-state index is 11.0. The first-order chi connectivity index (χ1) is 7.79. The molecular formula is C13H12O3. The van der Waals surface area contributed by atoms with Crippen LogP contribution in [0.4, 0.5) is 0 Å². The molecule has 1 aliphatic rings. The van der Waals surface area contributed by atoms with Crippen molar-refractivity contribution in [3.05, 3.63) is 29.3 Å². The van der Waals surface area contributed by atoms with Crippen LogP contribution in [0.5, 0.6) is 5.75 Å². The molecule has 1 aromatic rings. The van der Waals surface area contributed by atoms with Crippen LogP contribution in [0, 0.1) is 11.8 Å². The Bertz CT molecular complexity index is 466. The number of hydrogen-bond donors (Lipinski definition) is 0. The summed E-state index contributed by atoms with van der Waals surface area (Å²) in [7, 11) is 0. The minimum atomic E-state index is -0.487. The van der Waals surface area contributed by atoms with Gasteiger partial charge in [0, 0.05) is 17.9 Å². The molecule has 0 aliphatic carbocycles. The average Bonchev–Trinajstić information content (AvgIpc) is 2.74. The fourth-order valence-electron chi connectivity index (χ4n) is 1.55. The zero-order valence-corrected chi connectivity index (χ0v) is 9.08. The molecule has 82 valence electrons. The highest BCUT2D eigenvalue weighted by Gasteiger charge is 2.11. The molecule has 1 heterocycles. The Hall–Kier alpha value is -1.95. The van der Waals surface area contributed by atoms with E-state index in [2.05, 4.69) is 11.8 Å². The highest BCUT2D eigenvalue weighted by Crippen LogP contribution is 2.25. The van der Waals surface area contributed by atoms with Gasteiger partial charge in [0.1, 0.15) is 5.75 Å². The summed E-state index contributed by atoms with van der Waals surface area (Å²) in [4.78, 5) is 11.0. The van der Waals surface area contributed by atoms with Gasteiger partial charge in [0.15, 0.2) is 0 Å². The van der Waals surface area contributed by atoms with E-state index in [1.807, 2.05) is 18.2 Å². The van der Waals surface area contributed by atoms with Crippen molar-refractivity contribution < 1.29 is 14.3 Å². The highest BCUT2D eigenvalue weighted by molar-refractivity contribution is 5.89. The lowest BCUT2D eigenvalue weighted by Gasteiger charge is -1.97. The molecule has 0 amide bonds. The Morgan fingerprint density at radius 2 is 2.44 bits per heavy atom. The van der Waals surface area contributed by atoms with Gasteiger partial charge in [0.05, 0.1) is 13.2 Å². The summed E-state index contributed by atoms with van der Waals surface area (Å²) in [6.45, 7) is 2.84. The summed E-state index contributed by atoms with van der Waals surface area (Å²) >= 11 is 0. The molecule has 16 heavy (non-hydrogen) atoms. The van der Waals surface area contributed by atoms with Crippen LogP contribution in [0.2, 0.25) is 0 Å². The standard InChI is InChI=1S/C13H12O3/c1-2-15-13(14)6-4-10-3-5-12-11(9-10)7-8-16-12/h3,5,9H,2,7-8H2,1H3. The SMILES string of the molecule is CCOC(=O)C#Cc1ccc2c(c1)CCO2. The smallest absolute Gasteiger partial charge is 0.384 e. The van der Waals surface area contributed by atoms with Crippen molar-refractivity contribution in [1.29, 1.82) is 0 Å². The molecule has 2 rings (SSSR count). The Morgan fingerprint density at radius 1 is 1.56 bits per heavy atom. The van der Waals surface area contributed by atoms with Gasteiger partial charge in [0.2, 0.25) is 0 Å². The Labute approximate surface area is 94.4 Å². The Morgan fingerprint density at radius 3 is 3.25 bits per heavy atom. The van der Waals surface area contributed by atoms with Crippen LogP contribution < -0.4 is 4.74 Å². The zero-order chi connectivity index (χ0) is 11.4. The minimum absolute atomic E-state index is 0.353. The van der Waals surface area contributed by atoms with Crippen LogP contribution >= 0.6 is 0 Å². The number of hydrogen-bond acceptors (Lipinski definition) is 3. The first kappa shape index (κ1) is 10.6. The topological polar surface area (TPSA) is 35.5 Å². The molecule has 0 radical (unpaired) electrons. The summed E-state index contributed by atoms with van der Waals surface area (Å²) in [6, 6.07) is 5.68. The highest BCUT2D eigenvalue weighted by atomic mass is 16.5. The fourth-order valence-corrected chi connectivity index (χ4v) is 1.55. The molecule has 0 unspecified atom stereocenters. The second-order valence-corrected chi connectivity index (χ2v) is 3.39. The molecule has 0 saturated carbocycles. The molecule has 0 fully saturated rings. The molecule has 0 aromatic heterocycles. The quantitative estimate of drug-likeness (QED) is 0.527. The third-order valence-corrected chi connectivity index (χ3v) is 2.27. The molecule has 3 nitrogen and oxygen atoms in total. The predicted octanol–water partition coefficient (Wildman–Crippen LogP) is 1.54. The summed E-state index contributed by atoms with van der Waals surface area (Å²) < 4.78 is 10.1. The van der Waals surface area contributed by atoms with Crippen LogP contribution in [0.15, 0.2) is 18.2 Å². The maximum atomic E-state index is 11.0. The molecule has 0 saturated heterocycles. The normalized spacial score (nSPS) is 12.1.